The molecule has 0 heterocycles. The van der Waals surface area contributed by atoms with Gasteiger partial charge in [0.15, 0.2) is 0 Å². The van der Waals surface area contributed by atoms with Crippen molar-refractivity contribution in [3.8, 4) is 0 Å². The Labute approximate surface area is 136 Å². The summed E-state index contributed by atoms with van der Waals surface area (Å²) in [6.45, 7) is 0. The largest absolute Gasteiger partial charge is 0.305 e. The van der Waals surface area contributed by atoms with Crippen molar-refractivity contribution in [2.45, 2.75) is 0 Å². The third-order valence-corrected chi connectivity index (χ3v) is 3.80. The highest BCUT2D eigenvalue weighted by atomic mass is 79.9. The van der Waals surface area contributed by atoms with Crippen molar-refractivity contribution in [1.82, 2.24) is 0 Å². The molecule has 0 atom stereocenters. The van der Waals surface area contributed by atoms with Crippen LogP contribution in [0.15, 0.2) is 77.3 Å². The smallest absolute Gasteiger partial charge is 0.147 e. The van der Waals surface area contributed by atoms with Crippen LogP contribution in [0.5, 0.6) is 0 Å². The lowest BCUT2D eigenvalue weighted by Crippen LogP contribution is -2.13. The second kappa shape index (κ2) is 6.28. The molecule has 0 aromatic heterocycles. The fraction of sp³-hybridized carbons (Fsp3) is 0. The first kappa shape index (κ1) is 14.7. The molecule has 3 rings (SSSR count). The summed E-state index contributed by atoms with van der Waals surface area (Å²) in [6.07, 6.45) is 0. The van der Waals surface area contributed by atoms with E-state index in [-0.39, 0.29) is 0 Å². The topological polar surface area (TPSA) is 3.24 Å². The van der Waals surface area contributed by atoms with Gasteiger partial charge in [0, 0.05) is 10.2 Å². The predicted molar refractivity (Wildman–Crippen MR) is 88.7 cm³/mol. The van der Waals surface area contributed by atoms with E-state index < -0.39 is 11.6 Å². The molecular formula is C18H12BrF2N. The van der Waals surface area contributed by atoms with E-state index in [1.54, 1.807) is 41.3 Å². The first-order chi connectivity index (χ1) is 10.7. The summed E-state index contributed by atoms with van der Waals surface area (Å²) in [5.74, 6) is -0.817. The van der Waals surface area contributed by atoms with E-state index in [1.807, 2.05) is 24.3 Å². The molecule has 0 aliphatic carbocycles. The van der Waals surface area contributed by atoms with E-state index in [9.17, 15) is 8.78 Å². The normalized spacial score (nSPS) is 10.5. The Morgan fingerprint density at radius 2 is 1.09 bits per heavy atom. The van der Waals surface area contributed by atoms with Gasteiger partial charge in [-0.25, -0.2) is 8.78 Å². The van der Waals surface area contributed by atoms with Gasteiger partial charge in [0.25, 0.3) is 0 Å². The number of hydrogen-bond acceptors (Lipinski definition) is 1. The third-order valence-electron chi connectivity index (χ3n) is 3.27. The van der Waals surface area contributed by atoms with E-state index in [2.05, 4.69) is 15.9 Å². The molecule has 0 fully saturated rings. The van der Waals surface area contributed by atoms with Gasteiger partial charge in [-0.1, -0.05) is 40.2 Å². The molecule has 0 bridgehead atoms. The molecule has 0 N–H and O–H groups in total. The molecule has 22 heavy (non-hydrogen) atoms. The van der Waals surface area contributed by atoms with Crippen LogP contribution < -0.4 is 4.90 Å². The van der Waals surface area contributed by atoms with Crippen LogP contribution in [0.4, 0.5) is 25.8 Å². The van der Waals surface area contributed by atoms with Gasteiger partial charge in [-0.05, 0) is 48.5 Å². The average Bonchev–Trinajstić information content (AvgIpc) is 2.53. The maximum absolute atomic E-state index is 14.2. The Kier molecular flexibility index (Phi) is 4.20. The van der Waals surface area contributed by atoms with Crippen molar-refractivity contribution >= 4 is 33.0 Å². The Bertz CT molecular complexity index is 742. The molecule has 0 unspecified atom stereocenters. The number of rotatable bonds is 3. The van der Waals surface area contributed by atoms with E-state index in [0.29, 0.717) is 17.1 Å². The van der Waals surface area contributed by atoms with Gasteiger partial charge in [0.1, 0.15) is 11.6 Å². The zero-order chi connectivity index (χ0) is 15.5. The van der Waals surface area contributed by atoms with Gasteiger partial charge >= 0.3 is 0 Å². The van der Waals surface area contributed by atoms with Gasteiger partial charge in [-0.3, -0.25) is 0 Å². The fourth-order valence-corrected chi connectivity index (χ4v) is 2.53. The summed E-state index contributed by atoms with van der Waals surface area (Å²) in [7, 11) is 0. The lowest BCUT2D eigenvalue weighted by molar-refractivity contribution is 0.619. The summed E-state index contributed by atoms with van der Waals surface area (Å²) in [4.78, 5) is 1.57. The molecule has 1 nitrogen and oxygen atoms in total. The minimum absolute atomic E-state index is 0.301. The minimum Gasteiger partial charge on any atom is -0.305 e. The molecule has 3 aromatic carbocycles. The van der Waals surface area contributed by atoms with Gasteiger partial charge < -0.3 is 4.90 Å². The second-order valence-electron chi connectivity index (χ2n) is 4.71. The van der Waals surface area contributed by atoms with Crippen molar-refractivity contribution in [1.29, 1.82) is 0 Å². The van der Waals surface area contributed by atoms with Crippen LogP contribution in [0.25, 0.3) is 0 Å². The Hall–Kier alpha value is -2.20. The van der Waals surface area contributed by atoms with E-state index >= 15 is 0 Å². The molecule has 4 heteroatoms. The third kappa shape index (κ3) is 2.88. The van der Waals surface area contributed by atoms with Crippen LogP contribution in [0.2, 0.25) is 0 Å². The molecule has 0 spiro atoms. The Morgan fingerprint density at radius 3 is 1.55 bits per heavy atom. The number of anilines is 3. The Morgan fingerprint density at radius 1 is 0.636 bits per heavy atom. The number of nitrogens with zero attached hydrogens (tertiary/aromatic N) is 1. The molecule has 0 saturated carbocycles. The molecule has 0 aliphatic heterocycles. The lowest BCUT2D eigenvalue weighted by Gasteiger charge is -2.26. The van der Waals surface area contributed by atoms with Crippen molar-refractivity contribution in [3.63, 3.8) is 0 Å². The van der Waals surface area contributed by atoms with Crippen molar-refractivity contribution in [2.75, 3.05) is 4.90 Å². The van der Waals surface area contributed by atoms with Crippen LogP contribution in [-0.2, 0) is 0 Å². The SMILES string of the molecule is Fc1ccccc1N(c1ccc(Br)cc1)c1ccccc1F. The molecule has 0 amide bonds. The van der Waals surface area contributed by atoms with Crippen LogP contribution in [-0.4, -0.2) is 0 Å². The highest BCUT2D eigenvalue weighted by Gasteiger charge is 2.18. The maximum Gasteiger partial charge on any atom is 0.147 e. The van der Waals surface area contributed by atoms with E-state index in [4.69, 9.17) is 0 Å². The van der Waals surface area contributed by atoms with Crippen molar-refractivity contribution in [2.24, 2.45) is 0 Å². The van der Waals surface area contributed by atoms with Crippen LogP contribution in [0.3, 0.4) is 0 Å². The predicted octanol–water partition coefficient (Wildman–Crippen LogP) is 6.20. The molecular weight excluding hydrogens is 348 g/mol. The minimum atomic E-state index is -0.409. The summed E-state index contributed by atoms with van der Waals surface area (Å²) >= 11 is 3.37. The van der Waals surface area contributed by atoms with E-state index in [1.165, 1.54) is 12.1 Å². The number of para-hydroxylation sites is 2. The summed E-state index contributed by atoms with van der Waals surface area (Å²) in [5, 5.41) is 0. The maximum atomic E-state index is 14.2. The summed E-state index contributed by atoms with van der Waals surface area (Å²) in [6, 6.07) is 20.0. The fourth-order valence-electron chi connectivity index (χ4n) is 2.26. The standard InChI is InChI=1S/C18H12BrF2N/c19-13-9-11-14(12-10-13)22(17-7-3-1-5-15(17)20)18-8-4-2-6-16(18)21/h1-12H. The first-order valence-corrected chi connectivity index (χ1v) is 7.51. The lowest BCUT2D eigenvalue weighted by atomic mass is 10.2. The molecule has 0 aliphatic rings. The zero-order valence-electron chi connectivity index (χ0n) is 11.5. The van der Waals surface area contributed by atoms with Crippen LogP contribution >= 0.6 is 15.9 Å². The second-order valence-corrected chi connectivity index (χ2v) is 5.63. The summed E-state index contributed by atoms with van der Waals surface area (Å²) in [5.41, 5.74) is 1.28. The number of halogens is 3. The van der Waals surface area contributed by atoms with Crippen molar-refractivity contribution in [3.05, 3.63) is 88.9 Å². The highest BCUT2D eigenvalue weighted by Crippen LogP contribution is 2.37. The van der Waals surface area contributed by atoms with Gasteiger partial charge in [-0.15, -0.1) is 0 Å². The highest BCUT2D eigenvalue weighted by molar-refractivity contribution is 9.10. The molecule has 110 valence electrons. The molecule has 0 radical (unpaired) electrons. The van der Waals surface area contributed by atoms with E-state index in [0.717, 1.165) is 4.47 Å². The van der Waals surface area contributed by atoms with Gasteiger partial charge in [0.2, 0.25) is 0 Å². The van der Waals surface area contributed by atoms with Crippen LogP contribution in [0, 0.1) is 11.6 Å². The average molecular weight is 360 g/mol. The quantitative estimate of drug-likeness (QED) is 0.538. The number of benzene rings is 3. The van der Waals surface area contributed by atoms with Crippen LogP contribution in [0.1, 0.15) is 0 Å². The molecule has 3 aromatic rings. The number of hydrogen-bond donors (Lipinski definition) is 0. The summed E-state index contributed by atoms with van der Waals surface area (Å²) < 4.78 is 29.4. The first-order valence-electron chi connectivity index (χ1n) is 6.71. The Balaban J connectivity index is 2.21. The zero-order valence-corrected chi connectivity index (χ0v) is 13.1. The van der Waals surface area contributed by atoms with Gasteiger partial charge in [0.05, 0.1) is 11.4 Å². The molecule has 0 saturated heterocycles. The monoisotopic (exact) mass is 359 g/mol. The van der Waals surface area contributed by atoms with Gasteiger partial charge in [-0.2, -0.15) is 0 Å². The van der Waals surface area contributed by atoms with Crippen molar-refractivity contribution < 1.29 is 8.78 Å².